The van der Waals surface area contributed by atoms with Gasteiger partial charge in [0.15, 0.2) is 11.6 Å². The minimum Gasteiger partial charge on any atom is -0.319 e. The predicted octanol–water partition coefficient (Wildman–Crippen LogP) is 3.28. The average Bonchev–Trinajstić information content (AvgIpc) is 2.91. The molecule has 3 rings (SSSR count). The number of carbonyl (C=O) groups is 1. The minimum atomic E-state index is -0.877. The zero-order valence-electron chi connectivity index (χ0n) is 11.7. The number of rotatable bonds is 3. The van der Waals surface area contributed by atoms with Crippen LogP contribution in [0.4, 0.5) is 14.7 Å². The van der Waals surface area contributed by atoms with Gasteiger partial charge in [-0.05, 0) is 59.5 Å². The highest BCUT2D eigenvalue weighted by atomic mass is 127. The summed E-state index contributed by atoms with van der Waals surface area (Å²) in [5, 5.41) is 0. The maximum Gasteiger partial charge on any atom is 0.232 e. The van der Waals surface area contributed by atoms with E-state index in [1.54, 1.807) is 11.1 Å². The van der Waals surface area contributed by atoms with E-state index < -0.39 is 11.6 Å². The zero-order chi connectivity index (χ0) is 15.7. The van der Waals surface area contributed by atoms with E-state index in [0.29, 0.717) is 24.5 Å². The summed E-state index contributed by atoms with van der Waals surface area (Å²) in [5.74, 6) is -1.46. The van der Waals surface area contributed by atoms with Gasteiger partial charge >= 0.3 is 0 Å². The number of anilines is 1. The van der Waals surface area contributed by atoms with Crippen LogP contribution in [0.15, 0.2) is 24.4 Å². The van der Waals surface area contributed by atoms with Crippen LogP contribution in [-0.2, 0) is 11.2 Å². The summed E-state index contributed by atoms with van der Waals surface area (Å²) in [6.45, 7) is 0.622. The third kappa shape index (κ3) is 3.13. The quantitative estimate of drug-likeness (QED) is 0.780. The molecule has 2 heterocycles. The van der Waals surface area contributed by atoms with Crippen molar-refractivity contribution in [3.8, 4) is 0 Å². The second kappa shape index (κ2) is 6.31. The Kier molecular flexibility index (Phi) is 4.42. The third-order valence-corrected chi connectivity index (χ3v) is 4.35. The summed E-state index contributed by atoms with van der Waals surface area (Å²) in [6.07, 6.45) is 3.68. The molecule has 1 amide bonds. The average molecular weight is 417 g/mol. The van der Waals surface area contributed by atoms with Crippen molar-refractivity contribution < 1.29 is 13.6 Å². The van der Waals surface area contributed by atoms with Gasteiger partial charge in [0.05, 0.1) is 9.90 Å². The van der Waals surface area contributed by atoms with Gasteiger partial charge in [-0.25, -0.2) is 13.8 Å². The molecule has 1 aromatic carbocycles. The van der Waals surface area contributed by atoms with E-state index in [4.69, 9.17) is 0 Å². The minimum absolute atomic E-state index is 0.0262. The standard InChI is InChI=1S/C15H14F2IN3O/c16-11-4-3-9(7-12(11)17)6-10-2-1-5-21(14(10)22)15-19-8-13(18)20-15/h3-4,7-8,10H,1-2,5-6H2,(H,19,20). The molecule has 7 heteroatoms. The first-order valence-corrected chi connectivity index (χ1v) is 8.08. The smallest absolute Gasteiger partial charge is 0.232 e. The van der Waals surface area contributed by atoms with Crippen molar-refractivity contribution in [2.75, 3.05) is 11.4 Å². The van der Waals surface area contributed by atoms with E-state index in [2.05, 4.69) is 32.6 Å². The number of hydrogen-bond acceptors (Lipinski definition) is 2. The molecule has 0 saturated carbocycles. The molecule has 1 unspecified atom stereocenters. The lowest BCUT2D eigenvalue weighted by molar-refractivity contribution is -0.123. The molecule has 1 fully saturated rings. The van der Waals surface area contributed by atoms with Crippen molar-refractivity contribution >= 4 is 34.4 Å². The molecule has 0 spiro atoms. The van der Waals surface area contributed by atoms with Gasteiger partial charge in [-0.1, -0.05) is 6.07 Å². The highest BCUT2D eigenvalue weighted by molar-refractivity contribution is 14.1. The Hall–Kier alpha value is -1.51. The van der Waals surface area contributed by atoms with Gasteiger partial charge in [0, 0.05) is 12.5 Å². The highest BCUT2D eigenvalue weighted by Crippen LogP contribution is 2.26. The molecule has 1 N–H and O–H groups in total. The number of H-pyrrole nitrogens is 1. The number of nitrogens with one attached hydrogen (secondary N) is 1. The van der Waals surface area contributed by atoms with E-state index in [0.717, 1.165) is 28.7 Å². The summed E-state index contributed by atoms with van der Waals surface area (Å²) in [6, 6.07) is 3.79. The monoisotopic (exact) mass is 417 g/mol. The summed E-state index contributed by atoms with van der Waals surface area (Å²) >= 11 is 2.10. The molecule has 0 aliphatic carbocycles. The summed E-state index contributed by atoms with van der Waals surface area (Å²) in [7, 11) is 0. The first-order valence-electron chi connectivity index (χ1n) is 7.00. The maximum absolute atomic E-state index is 13.3. The van der Waals surface area contributed by atoms with Crippen molar-refractivity contribution in [3.63, 3.8) is 0 Å². The van der Waals surface area contributed by atoms with Crippen LogP contribution in [0.3, 0.4) is 0 Å². The lowest BCUT2D eigenvalue weighted by atomic mass is 9.90. The first kappa shape index (κ1) is 15.4. The van der Waals surface area contributed by atoms with Crippen molar-refractivity contribution in [1.29, 1.82) is 0 Å². The van der Waals surface area contributed by atoms with Crippen LogP contribution in [0.25, 0.3) is 0 Å². The van der Waals surface area contributed by atoms with Gasteiger partial charge in [-0.15, -0.1) is 0 Å². The lowest BCUT2D eigenvalue weighted by Gasteiger charge is -2.30. The summed E-state index contributed by atoms with van der Waals surface area (Å²) in [4.78, 5) is 21.5. The SMILES string of the molecule is O=C1C(Cc2ccc(F)c(F)c2)CCCN1c1ncc(I)[nH]1. The van der Waals surface area contributed by atoms with Gasteiger partial charge in [0.2, 0.25) is 11.9 Å². The molecule has 1 aliphatic heterocycles. The number of aromatic amines is 1. The second-order valence-corrected chi connectivity index (χ2v) is 6.50. The Morgan fingerprint density at radius 2 is 2.18 bits per heavy atom. The van der Waals surface area contributed by atoms with Crippen molar-refractivity contribution in [1.82, 2.24) is 9.97 Å². The molecule has 22 heavy (non-hydrogen) atoms. The molecule has 1 aromatic heterocycles. The number of halogens is 3. The van der Waals surface area contributed by atoms with E-state index in [1.807, 2.05) is 0 Å². The van der Waals surface area contributed by atoms with Crippen LogP contribution in [0, 0.1) is 21.3 Å². The summed E-state index contributed by atoms with van der Waals surface area (Å²) in [5.41, 5.74) is 0.633. The molecule has 116 valence electrons. The largest absolute Gasteiger partial charge is 0.319 e. The molecular formula is C15H14F2IN3O. The number of nitrogens with zero attached hydrogens (tertiary/aromatic N) is 2. The normalized spacial score (nSPS) is 18.8. The molecule has 4 nitrogen and oxygen atoms in total. The van der Waals surface area contributed by atoms with E-state index in [9.17, 15) is 13.6 Å². The van der Waals surface area contributed by atoms with Crippen molar-refractivity contribution in [3.05, 3.63) is 45.3 Å². The zero-order valence-corrected chi connectivity index (χ0v) is 13.8. The Balaban J connectivity index is 1.76. The van der Waals surface area contributed by atoms with Gasteiger partial charge < -0.3 is 4.98 Å². The van der Waals surface area contributed by atoms with Crippen molar-refractivity contribution in [2.24, 2.45) is 5.92 Å². The molecule has 2 aromatic rings. The first-order chi connectivity index (χ1) is 10.5. The van der Waals surface area contributed by atoms with Gasteiger partial charge in [0.1, 0.15) is 0 Å². The molecule has 0 bridgehead atoms. The van der Waals surface area contributed by atoms with Crippen molar-refractivity contribution in [2.45, 2.75) is 19.3 Å². The fourth-order valence-electron chi connectivity index (χ4n) is 2.73. The third-order valence-electron chi connectivity index (χ3n) is 3.80. The summed E-state index contributed by atoms with van der Waals surface area (Å²) < 4.78 is 27.1. The predicted molar refractivity (Wildman–Crippen MR) is 86.4 cm³/mol. The Morgan fingerprint density at radius 3 is 2.86 bits per heavy atom. The van der Waals surface area contributed by atoms with Gasteiger partial charge in [-0.3, -0.25) is 9.69 Å². The number of hydrogen-bond donors (Lipinski definition) is 1. The molecule has 1 saturated heterocycles. The number of carbonyl (C=O) groups excluding carboxylic acids is 1. The molecule has 0 radical (unpaired) electrons. The topological polar surface area (TPSA) is 49.0 Å². The number of amides is 1. The van der Waals surface area contributed by atoms with Gasteiger partial charge in [-0.2, -0.15) is 0 Å². The Bertz CT molecular complexity index is 704. The van der Waals surface area contributed by atoms with Crippen LogP contribution in [0.2, 0.25) is 0 Å². The molecule has 1 atom stereocenters. The van der Waals surface area contributed by atoms with E-state index in [-0.39, 0.29) is 11.8 Å². The van der Waals surface area contributed by atoms with Crippen LogP contribution in [0.5, 0.6) is 0 Å². The fraction of sp³-hybridized carbons (Fsp3) is 0.333. The molecular weight excluding hydrogens is 403 g/mol. The second-order valence-electron chi connectivity index (χ2n) is 5.34. The van der Waals surface area contributed by atoms with Gasteiger partial charge in [0.25, 0.3) is 0 Å². The number of piperidine rings is 1. The fourth-order valence-corrected chi connectivity index (χ4v) is 3.11. The maximum atomic E-state index is 13.3. The molecule has 1 aliphatic rings. The Morgan fingerprint density at radius 1 is 1.36 bits per heavy atom. The Labute approximate surface area is 140 Å². The van der Waals surface area contributed by atoms with Crippen LogP contribution in [-0.4, -0.2) is 22.4 Å². The number of aromatic nitrogens is 2. The van der Waals surface area contributed by atoms with E-state index >= 15 is 0 Å². The van der Waals surface area contributed by atoms with Crippen LogP contribution < -0.4 is 4.90 Å². The highest BCUT2D eigenvalue weighted by Gasteiger charge is 2.31. The lowest BCUT2D eigenvalue weighted by Crippen LogP contribution is -2.42. The van der Waals surface area contributed by atoms with E-state index in [1.165, 1.54) is 6.07 Å². The van der Waals surface area contributed by atoms with Crippen LogP contribution in [0.1, 0.15) is 18.4 Å². The number of imidazole rings is 1. The van der Waals surface area contributed by atoms with Crippen LogP contribution >= 0.6 is 22.6 Å². The number of benzene rings is 1.